The van der Waals surface area contributed by atoms with Gasteiger partial charge in [0.1, 0.15) is 0 Å². The largest absolute Gasteiger partial charge is 0.359 e. The van der Waals surface area contributed by atoms with Crippen molar-refractivity contribution in [1.29, 1.82) is 0 Å². The highest BCUT2D eigenvalue weighted by Crippen LogP contribution is 2.22. The first-order chi connectivity index (χ1) is 9.52. The second-order valence-electron chi connectivity index (χ2n) is 4.87. The number of H-pyrrole nitrogens is 1. The number of carbonyl (C=O) groups excluding carboxylic acids is 1. The van der Waals surface area contributed by atoms with Gasteiger partial charge < -0.3 is 4.98 Å². The van der Waals surface area contributed by atoms with E-state index in [4.69, 9.17) is 0 Å². The third kappa shape index (κ3) is 2.32. The zero-order chi connectivity index (χ0) is 14.3. The van der Waals surface area contributed by atoms with Crippen LogP contribution in [-0.2, 0) is 0 Å². The van der Waals surface area contributed by atoms with Gasteiger partial charge in [-0.3, -0.25) is 10.1 Å². The van der Waals surface area contributed by atoms with Crippen LogP contribution in [0.2, 0.25) is 0 Å². The van der Waals surface area contributed by atoms with Crippen molar-refractivity contribution < 1.29 is 4.79 Å². The summed E-state index contributed by atoms with van der Waals surface area (Å²) in [6, 6.07) is 7.67. The van der Waals surface area contributed by atoms with Crippen LogP contribution in [0.15, 0.2) is 24.3 Å². The van der Waals surface area contributed by atoms with Gasteiger partial charge in [-0.25, -0.2) is 4.98 Å². The summed E-state index contributed by atoms with van der Waals surface area (Å²) in [6.45, 7) is 5.94. The lowest BCUT2D eigenvalue weighted by Gasteiger charge is -2.01. The average molecular weight is 285 g/mol. The SMILES string of the molecule is Cc1cc2cc(C(=O)Nc3nc(C)c(C)s3)ccc2[nH]1. The summed E-state index contributed by atoms with van der Waals surface area (Å²) in [5, 5.41) is 4.54. The first-order valence-corrected chi connectivity index (χ1v) is 7.19. The monoisotopic (exact) mass is 285 g/mol. The fourth-order valence-corrected chi connectivity index (χ4v) is 2.92. The number of aromatic amines is 1. The van der Waals surface area contributed by atoms with Crippen molar-refractivity contribution in [1.82, 2.24) is 9.97 Å². The lowest BCUT2D eigenvalue weighted by atomic mass is 10.1. The number of rotatable bonds is 2. The average Bonchev–Trinajstić information content (AvgIpc) is 2.90. The molecule has 0 unspecified atom stereocenters. The molecule has 5 heteroatoms. The summed E-state index contributed by atoms with van der Waals surface area (Å²) in [6.07, 6.45) is 0. The number of carbonyl (C=O) groups is 1. The Morgan fingerprint density at radius 2 is 2.05 bits per heavy atom. The Hall–Kier alpha value is -2.14. The molecule has 0 fully saturated rings. The van der Waals surface area contributed by atoms with E-state index in [1.807, 2.05) is 45.0 Å². The molecule has 0 aliphatic carbocycles. The highest BCUT2D eigenvalue weighted by atomic mass is 32.1. The summed E-state index contributed by atoms with van der Waals surface area (Å²) < 4.78 is 0. The van der Waals surface area contributed by atoms with Crippen molar-refractivity contribution in [3.05, 3.63) is 46.1 Å². The second kappa shape index (κ2) is 4.76. The van der Waals surface area contributed by atoms with Crippen molar-refractivity contribution >= 4 is 33.3 Å². The minimum atomic E-state index is -0.125. The predicted molar refractivity (Wildman–Crippen MR) is 82.6 cm³/mol. The number of amides is 1. The number of aromatic nitrogens is 2. The first-order valence-electron chi connectivity index (χ1n) is 6.37. The molecule has 1 aromatic carbocycles. The quantitative estimate of drug-likeness (QED) is 0.752. The number of anilines is 1. The Morgan fingerprint density at radius 1 is 1.25 bits per heavy atom. The van der Waals surface area contributed by atoms with Crippen molar-refractivity contribution in [3.8, 4) is 0 Å². The van der Waals surface area contributed by atoms with Crippen LogP contribution >= 0.6 is 11.3 Å². The van der Waals surface area contributed by atoms with Gasteiger partial charge in [0.25, 0.3) is 5.91 Å². The van der Waals surface area contributed by atoms with E-state index in [-0.39, 0.29) is 5.91 Å². The van der Waals surface area contributed by atoms with Gasteiger partial charge in [-0.1, -0.05) is 0 Å². The van der Waals surface area contributed by atoms with Crippen molar-refractivity contribution in [2.45, 2.75) is 20.8 Å². The molecule has 20 heavy (non-hydrogen) atoms. The zero-order valence-corrected chi connectivity index (χ0v) is 12.4. The fourth-order valence-electron chi connectivity index (χ4n) is 2.11. The molecular formula is C15H15N3OS. The molecule has 0 saturated carbocycles. The number of nitrogens with zero attached hydrogens (tertiary/aromatic N) is 1. The fraction of sp³-hybridized carbons (Fsp3) is 0.200. The maximum Gasteiger partial charge on any atom is 0.257 e. The number of hydrogen-bond donors (Lipinski definition) is 2. The van der Waals surface area contributed by atoms with E-state index < -0.39 is 0 Å². The molecule has 4 nitrogen and oxygen atoms in total. The summed E-state index contributed by atoms with van der Waals surface area (Å²) in [4.78, 5) is 20.9. The number of aryl methyl sites for hydroxylation is 3. The standard InChI is InChI=1S/C15H15N3OS/c1-8-6-12-7-11(4-5-13(12)16-8)14(19)18-15-17-9(2)10(3)20-15/h4-7,16H,1-3H3,(H,17,18,19). The van der Waals surface area contributed by atoms with Crippen molar-refractivity contribution in [3.63, 3.8) is 0 Å². The minimum Gasteiger partial charge on any atom is -0.359 e. The summed E-state index contributed by atoms with van der Waals surface area (Å²) >= 11 is 1.50. The molecular weight excluding hydrogens is 270 g/mol. The van der Waals surface area contributed by atoms with E-state index in [2.05, 4.69) is 15.3 Å². The zero-order valence-electron chi connectivity index (χ0n) is 11.6. The lowest BCUT2D eigenvalue weighted by molar-refractivity contribution is 0.102. The van der Waals surface area contributed by atoms with Gasteiger partial charge >= 0.3 is 0 Å². The first kappa shape index (κ1) is 12.9. The van der Waals surface area contributed by atoms with E-state index in [1.54, 1.807) is 0 Å². The van der Waals surface area contributed by atoms with Crippen LogP contribution in [0, 0.1) is 20.8 Å². The van der Waals surface area contributed by atoms with E-state index in [0.29, 0.717) is 10.7 Å². The molecule has 3 rings (SSSR count). The number of benzene rings is 1. The molecule has 0 saturated heterocycles. The van der Waals surface area contributed by atoms with Crippen LogP contribution in [0.4, 0.5) is 5.13 Å². The van der Waals surface area contributed by atoms with Crippen molar-refractivity contribution in [2.75, 3.05) is 5.32 Å². The molecule has 2 aromatic heterocycles. The van der Waals surface area contributed by atoms with E-state index in [9.17, 15) is 4.79 Å². The van der Waals surface area contributed by atoms with Crippen LogP contribution in [-0.4, -0.2) is 15.9 Å². The number of fused-ring (bicyclic) bond motifs is 1. The molecule has 0 radical (unpaired) electrons. The van der Waals surface area contributed by atoms with E-state index in [1.165, 1.54) is 11.3 Å². The normalized spacial score (nSPS) is 10.9. The van der Waals surface area contributed by atoms with Crippen LogP contribution in [0.3, 0.4) is 0 Å². The molecule has 0 bridgehead atoms. The molecule has 102 valence electrons. The Balaban J connectivity index is 1.88. The molecule has 0 atom stereocenters. The summed E-state index contributed by atoms with van der Waals surface area (Å²) in [5.41, 5.74) is 3.73. The molecule has 1 amide bonds. The van der Waals surface area contributed by atoms with Gasteiger partial charge in [-0.15, -0.1) is 11.3 Å². The smallest absolute Gasteiger partial charge is 0.257 e. The maximum absolute atomic E-state index is 12.2. The number of thiazole rings is 1. The van der Waals surface area contributed by atoms with E-state index >= 15 is 0 Å². The van der Waals surface area contributed by atoms with Gasteiger partial charge in [-0.05, 0) is 45.0 Å². The Kier molecular flexibility index (Phi) is 3.06. The topological polar surface area (TPSA) is 57.8 Å². The molecule has 0 aliphatic rings. The number of nitrogens with one attached hydrogen (secondary N) is 2. The minimum absolute atomic E-state index is 0.125. The van der Waals surface area contributed by atoms with Crippen molar-refractivity contribution in [2.24, 2.45) is 0 Å². The van der Waals surface area contributed by atoms with Crippen LogP contribution in [0.5, 0.6) is 0 Å². The Morgan fingerprint density at radius 3 is 2.75 bits per heavy atom. The molecule has 2 heterocycles. The molecule has 2 N–H and O–H groups in total. The van der Waals surface area contributed by atoms with Gasteiger partial charge in [0.05, 0.1) is 5.69 Å². The highest BCUT2D eigenvalue weighted by Gasteiger charge is 2.11. The summed E-state index contributed by atoms with van der Waals surface area (Å²) in [7, 11) is 0. The van der Waals surface area contributed by atoms with E-state index in [0.717, 1.165) is 27.2 Å². The van der Waals surface area contributed by atoms with Gasteiger partial charge in [-0.2, -0.15) is 0 Å². The van der Waals surface area contributed by atoms with Crippen LogP contribution in [0.1, 0.15) is 26.6 Å². The molecule has 3 aromatic rings. The van der Waals surface area contributed by atoms with Gasteiger partial charge in [0, 0.05) is 27.0 Å². The van der Waals surface area contributed by atoms with Crippen LogP contribution < -0.4 is 5.32 Å². The third-order valence-corrected chi connectivity index (χ3v) is 4.25. The molecule has 0 spiro atoms. The summed E-state index contributed by atoms with van der Waals surface area (Å²) in [5.74, 6) is -0.125. The Bertz CT molecular complexity index is 781. The second-order valence-corrected chi connectivity index (χ2v) is 6.07. The Labute approximate surface area is 120 Å². The highest BCUT2D eigenvalue weighted by molar-refractivity contribution is 7.15. The van der Waals surface area contributed by atoms with Gasteiger partial charge in [0.2, 0.25) is 0 Å². The maximum atomic E-state index is 12.2. The third-order valence-electron chi connectivity index (χ3n) is 3.27. The van der Waals surface area contributed by atoms with Crippen LogP contribution in [0.25, 0.3) is 10.9 Å². The lowest BCUT2D eigenvalue weighted by Crippen LogP contribution is -2.11. The van der Waals surface area contributed by atoms with Gasteiger partial charge in [0.15, 0.2) is 5.13 Å². The predicted octanol–water partition coefficient (Wildman–Crippen LogP) is 3.80. The number of hydrogen-bond acceptors (Lipinski definition) is 3. The molecule has 0 aliphatic heterocycles.